The van der Waals surface area contributed by atoms with Gasteiger partial charge in [0.2, 0.25) is 0 Å². The van der Waals surface area contributed by atoms with E-state index in [1.807, 2.05) is 36.6 Å². The minimum absolute atomic E-state index is 0.319. The van der Waals surface area contributed by atoms with Gasteiger partial charge in [-0.25, -0.2) is 28.7 Å². The van der Waals surface area contributed by atoms with Gasteiger partial charge in [0.25, 0.3) is 6.43 Å². The Morgan fingerprint density at radius 2 is 1.96 bits per heavy atom. The van der Waals surface area contributed by atoms with Crippen LogP contribution < -0.4 is 0 Å². The second-order valence-corrected chi connectivity index (χ2v) is 6.36. The smallest absolute Gasteiger partial charge is 0.281 e. The molecule has 0 amide bonds. The van der Waals surface area contributed by atoms with E-state index in [0.717, 1.165) is 16.2 Å². The molecule has 0 unspecified atom stereocenters. The summed E-state index contributed by atoms with van der Waals surface area (Å²) in [6.45, 7) is 0. The molecule has 26 heavy (non-hydrogen) atoms. The minimum Gasteiger partial charge on any atom is -0.294 e. The van der Waals surface area contributed by atoms with E-state index in [4.69, 9.17) is 0 Å². The molecule has 4 aromatic rings. The lowest BCUT2D eigenvalue weighted by Crippen LogP contribution is -1.99. The Balaban J connectivity index is 1.81. The summed E-state index contributed by atoms with van der Waals surface area (Å²) in [7, 11) is 0. The van der Waals surface area contributed by atoms with Crippen molar-refractivity contribution >= 4 is 17.4 Å². The van der Waals surface area contributed by atoms with Crippen molar-refractivity contribution in [3.8, 4) is 22.8 Å². The fraction of sp³-hybridized carbons (Fsp3) is 0.111. The molecular weight excluding hydrogens is 356 g/mol. The SMILES string of the molecule is CSc1cccc(-c2ccnc(-c3cnc4cnc(C(F)F)cn34)n2)c1. The maximum absolute atomic E-state index is 13.0. The predicted molar refractivity (Wildman–Crippen MR) is 96.2 cm³/mol. The van der Waals surface area contributed by atoms with Gasteiger partial charge in [0.05, 0.1) is 18.1 Å². The summed E-state index contributed by atoms with van der Waals surface area (Å²) in [5.74, 6) is 0.413. The van der Waals surface area contributed by atoms with E-state index < -0.39 is 6.43 Å². The average molecular weight is 369 g/mol. The van der Waals surface area contributed by atoms with Crippen molar-refractivity contribution in [2.75, 3.05) is 6.26 Å². The summed E-state index contributed by atoms with van der Waals surface area (Å²) in [5, 5.41) is 0. The number of nitrogens with zero attached hydrogens (tertiary/aromatic N) is 5. The van der Waals surface area contributed by atoms with Crippen molar-refractivity contribution in [3.63, 3.8) is 0 Å². The first kappa shape index (κ1) is 16.6. The molecular formula is C18H13F2N5S. The Labute approximate surface area is 152 Å². The molecule has 130 valence electrons. The number of benzene rings is 1. The fourth-order valence-corrected chi connectivity index (χ4v) is 3.07. The second-order valence-electron chi connectivity index (χ2n) is 5.48. The predicted octanol–water partition coefficient (Wildman–Crippen LogP) is 4.51. The van der Waals surface area contributed by atoms with Crippen molar-refractivity contribution in [2.24, 2.45) is 0 Å². The van der Waals surface area contributed by atoms with Crippen molar-refractivity contribution in [3.05, 3.63) is 60.8 Å². The largest absolute Gasteiger partial charge is 0.294 e. The van der Waals surface area contributed by atoms with Crippen molar-refractivity contribution < 1.29 is 8.78 Å². The summed E-state index contributed by atoms with van der Waals surface area (Å²) in [5.41, 5.74) is 2.39. The summed E-state index contributed by atoms with van der Waals surface area (Å²) >= 11 is 1.65. The molecule has 0 aliphatic rings. The van der Waals surface area contributed by atoms with Crippen LogP contribution >= 0.6 is 11.8 Å². The van der Waals surface area contributed by atoms with Crippen LogP contribution in [0.3, 0.4) is 0 Å². The van der Waals surface area contributed by atoms with Crippen molar-refractivity contribution in [1.82, 2.24) is 24.3 Å². The van der Waals surface area contributed by atoms with Gasteiger partial charge in [-0.1, -0.05) is 12.1 Å². The summed E-state index contributed by atoms with van der Waals surface area (Å²) in [4.78, 5) is 17.9. The zero-order valence-corrected chi connectivity index (χ0v) is 14.5. The first-order valence-corrected chi connectivity index (χ1v) is 8.97. The van der Waals surface area contributed by atoms with Crippen LogP contribution in [-0.4, -0.2) is 30.6 Å². The lowest BCUT2D eigenvalue weighted by atomic mass is 10.1. The summed E-state index contributed by atoms with van der Waals surface area (Å²) in [6.07, 6.45) is 5.15. The van der Waals surface area contributed by atoms with Gasteiger partial charge in [0, 0.05) is 22.9 Å². The lowest BCUT2D eigenvalue weighted by molar-refractivity contribution is 0.145. The first-order valence-electron chi connectivity index (χ1n) is 7.74. The number of thioether (sulfide) groups is 1. The van der Waals surface area contributed by atoms with E-state index in [-0.39, 0.29) is 5.69 Å². The second kappa shape index (κ2) is 6.80. The van der Waals surface area contributed by atoms with E-state index in [0.29, 0.717) is 17.2 Å². The van der Waals surface area contributed by atoms with Gasteiger partial charge in [-0.05, 0) is 24.5 Å². The molecule has 0 saturated carbocycles. The molecule has 3 aromatic heterocycles. The molecule has 1 aromatic carbocycles. The number of aromatic nitrogens is 5. The summed E-state index contributed by atoms with van der Waals surface area (Å²) < 4.78 is 27.5. The van der Waals surface area contributed by atoms with Crippen molar-refractivity contribution in [2.45, 2.75) is 11.3 Å². The molecule has 0 spiro atoms. The number of fused-ring (bicyclic) bond motifs is 1. The maximum Gasteiger partial charge on any atom is 0.281 e. The first-order chi connectivity index (χ1) is 12.7. The molecule has 0 aliphatic heterocycles. The van der Waals surface area contributed by atoms with Gasteiger partial charge in [-0.3, -0.25) is 4.40 Å². The van der Waals surface area contributed by atoms with Gasteiger partial charge >= 0.3 is 0 Å². The topological polar surface area (TPSA) is 56.0 Å². The minimum atomic E-state index is -2.66. The number of halogens is 2. The number of alkyl halides is 2. The third kappa shape index (κ3) is 3.03. The van der Waals surface area contributed by atoms with Crippen LogP contribution in [0.4, 0.5) is 8.78 Å². The Hall–Kier alpha value is -2.87. The third-order valence-corrected chi connectivity index (χ3v) is 4.62. The third-order valence-electron chi connectivity index (χ3n) is 3.89. The molecule has 4 rings (SSSR count). The Morgan fingerprint density at radius 3 is 2.77 bits per heavy atom. The highest BCUT2D eigenvalue weighted by Gasteiger charge is 2.14. The van der Waals surface area contributed by atoms with Crippen LogP contribution in [0, 0.1) is 0 Å². The van der Waals surface area contributed by atoms with E-state index >= 15 is 0 Å². The van der Waals surface area contributed by atoms with Crippen LogP contribution in [0.1, 0.15) is 12.1 Å². The van der Waals surface area contributed by atoms with Gasteiger partial charge in [-0.2, -0.15) is 0 Å². The summed E-state index contributed by atoms with van der Waals surface area (Å²) in [6, 6.07) is 9.83. The Kier molecular flexibility index (Phi) is 4.34. The number of hydrogen-bond donors (Lipinski definition) is 0. The quantitative estimate of drug-likeness (QED) is 0.495. The monoisotopic (exact) mass is 369 g/mol. The normalized spacial score (nSPS) is 11.4. The van der Waals surface area contributed by atoms with Crippen molar-refractivity contribution in [1.29, 1.82) is 0 Å². The molecule has 5 nitrogen and oxygen atoms in total. The van der Waals surface area contributed by atoms with Gasteiger partial charge < -0.3 is 0 Å². The van der Waals surface area contributed by atoms with E-state index in [2.05, 4.69) is 19.9 Å². The maximum atomic E-state index is 13.0. The van der Waals surface area contributed by atoms with Gasteiger partial charge in [0.1, 0.15) is 11.4 Å². The molecule has 0 radical (unpaired) electrons. The van der Waals surface area contributed by atoms with Crippen LogP contribution in [0.5, 0.6) is 0 Å². The molecule has 0 saturated heterocycles. The van der Waals surface area contributed by atoms with E-state index in [1.54, 1.807) is 24.2 Å². The Morgan fingerprint density at radius 1 is 1.08 bits per heavy atom. The standard InChI is InChI=1S/C18H13F2N5S/c1-26-12-4-2-3-11(7-12)13-5-6-21-18(24-13)15-8-23-16-9-22-14(17(19)20)10-25(15)16/h2-10,17H,1H3. The average Bonchev–Trinajstić information content (AvgIpc) is 3.11. The van der Waals surface area contributed by atoms with Crippen LogP contribution in [0.2, 0.25) is 0 Å². The highest BCUT2D eigenvalue weighted by atomic mass is 32.2. The number of rotatable bonds is 4. The molecule has 0 fully saturated rings. The Bertz CT molecular complexity index is 1080. The number of hydrogen-bond acceptors (Lipinski definition) is 5. The molecule has 0 bridgehead atoms. The van der Waals surface area contributed by atoms with Crippen LogP contribution in [-0.2, 0) is 0 Å². The lowest BCUT2D eigenvalue weighted by Gasteiger charge is -2.06. The molecule has 0 aliphatic carbocycles. The highest BCUT2D eigenvalue weighted by molar-refractivity contribution is 7.98. The van der Waals surface area contributed by atoms with Crippen LogP contribution in [0.25, 0.3) is 28.4 Å². The highest BCUT2D eigenvalue weighted by Crippen LogP contribution is 2.26. The fourth-order valence-electron chi connectivity index (χ4n) is 2.61. The number of imidazole rings is 1. The van der Waals surface area contributed by atoms with E-state index in [1.165, 1.54) is 16.8 Å². The zero-order valence-electron chi connectivity index (χ0n) is 13.7. The molecule has 0 atom stereocenters. The zero-order chi connectivity index (χ0) is 18.1. The molecule has 8 heteroatoms. The van der Waals surface area contributed by atoms with Crippen LogP contribution in [0.15, 0.2) is 60.0 Å². The van der Waals surface area contributed by atoms with Gasteiger partial charge in [0.15, 0.2) is 11.5 Å². The van der Waals surface area contributed by atoms with Gasteiger partial charge in [-0.15, -0.1) is 11.8 Å². The molecule has 3 heterocycles. The van der Waals surface area contributed by atoms with E-state index in [9.17, 15) is 8.78 Å². The molecule has 0 N–H and O–H groups in total.